The van der Waals surface area contributed by atoms with E-state index in [4.69, 9.17) is 11.6 Å². The second-order valence-corrected chi connectivity index (χ2v) is 5.54. The third-order valence-electron chi connectivity index (χ3n) is 3.73. The lowest BCUT2D eigenvalue weighted by Crippen LogP contribution is -1.96. The zero-order valence-corrected chi connectivity index (χ0v) is 11.5. The SMILES string of the molecule is CCCc1cc(Cl)n2nc(C3CCCC3)nc2c1. The molecule has 2 aromatic heterocycles. The molecule has 18 heavy (non-hydrogen) atoms. The Bertz CT molecular complexity index is 555. The van der Waals surface area contributed by atoms with E-state index in [0.29, 0.717) is 11.1 Å². The van der Waals surface area contributed by atoms with Crippen molar-refractivity contribution in [1.82, 2.24) is 14.6 Å². The quantitative estimate of drug-likeness (QED) is 0.784. The minimum absolute atomic E-state index is 0.538. The van der Waals surface area contributed by atoms with Crippen LogP contribution in [0.25, 0.3) is 5.65 Å². The van der Waals surface area contributed by atoms with Crippen LogP contribution >= 0.6 is 11.6 Å². The van der Waals surface area contributed by atoms with Gasteiger partial charge in [0.25, 0.3) is 0 Å². The number of nitrogens with zero attached hydrogens (tertiary/aromatic N) is 3. The molecule has 2 aromatic rings. The van der Waals surface area contributed by atoms with Gasteiger partial charge in [-0.1, -0.05) is 37.8 Å². The van der Waals surface area contributed by atoms with Crippen LogP contribution in [0.2, 0.25) is 5.15 Å². The van der Waals surface area contributed by atoms with Gasteiger partial charge in [-0.05, 0) is 37.0 Å². The van der Waals surface area contributed by atoms with Crippen LogP contribution in [0.1, 0.15) is 56.3 Å². The molecule has 0 atom stereocenters. The average Bonchev–Trinajstić information content (AvgIpc) is 2.97. The van der Waals surface area contributed by atoms with Gasteiger partial charge in [0.2, 0.25) is 0 Å². The number of hydrogen-bond donors (Lipinski definition) is 0. The molecule has 0 saturated heterocycles. The van der Waals surface area contributed by atoms with Crippen molar-refractivity contribution in [1.29, 1.82) is 0 Å². The first kappa shape index (κ1) is 12.0. The van der Waals surface area contributed by atoms with Crippen molar-refractivity contribution in [2.75, 3.05) is 0 Å². The van der Waals surface area contributed by atoms with Crippen LogP contribution in [-0.2, 0) is 6.42 Å². The Kier molecular flexibility index (Phi) is 3.25. The van der Waals surface area contributed by atoms with Gasteiger partial charge in [0.1, 0.15) is 5.15 Å². The van der Waals surface area contributed by atoms with Crippen LogP contribution < -0.4 is 0 Å². The van der Waals surface area contributed by atoms with Gasteiger partial charge in [-0.15, -0.1) is 5.10 Å². The van der Waals surface area contributed by atoms with E-state index in [2.05, 4.69) is 23.1 Å². The van der Waals surface area contributed by atoms with E-state index in [1.807, 2.05) is 6.07 Å². The van der Waals surface area contributed by atoms with Crippen LogP contribution in [0.15, 0.2) is 12.1 Å². The normalized spacial score (nSPS) is 16.8. The number of aryl methyl sites for hydroxylation is 1. The summed E-state index contributed by atoms with van der Waals surface area (Å²) in [5, 5.41) is 5.24. The van der Waals surface area contributed by atoms with E-state index in [9.17, 15) is 0 Å². The summed E-state index contributed by atoms with van der Waals surface area (Å²) in [4.78, 5) is 4.67. The molecule has 1 saturated carbocycles. The van der Waals surface area contributed by atoms with E-state index in [1.165, 1.54) is 31.2 Å². The Hall–Kier alpha value is -1.09. The van der Waals surface area contributed by atoms with Gasteiger partial charge in [0.05, 0.1) is 0 Å². The Morgan fingerprint density at radius 2 is 2.11 bits per heavy atom. The standard InChI is InChI=1S/C14H18ClN3/c1-2-5-10-8-12(15)18-13(9-10)16-14(17-18)11-6-3-4-7-11/h8-9,11H,2-7H2,1H3. The maximum Gasteiger partial charge on any atom is 0.157 e. The highest BCUT2D eigenvalue weighted by molar-refractivity contribution is 6.29. The average molecular weight is 264 g/mol. The molecule has 3 rings (SSSR count). The summed E-state index contributed by atoms with van der Waals surface area (Å²) >= 11 is 6.28. The second kappa shape index (κ2) is 4.88. The lowest BCUT2D eigenvalue weighted by molar-refractivity contribution is 0.666. The molecule has 0 bridgehead atoms. The van der Waals surface area contributed by atoms with Gasteiger partial charge in [-0.25, -0.2) is 9.50 Å². The maximum absolute atomic E-state index is 6.28. The van der Waals surface area contributed by atoms with Crippen molar-refractivity contribution in [2.24, 2.45) is 0 Å². The first-order chi connectivity index (χ1) is 8.78. The second-order valence-electron chi connectivity index (χ2n) is 5.16. The highest BCUT2D eigenvalue weighted by Gasteiger charge is 2.21. The van der Waals surface area contributed by atoms with E-state index < -0.39 is 0 Å². The molecule has 0 aliphatic heterocycles. The molecule has 0 N–H and O–H groups in total. The molecular weight excluding hydrogens is 246 g/mol. The van der Waals surface area contributed by atoms with Crippen molar-refractivity contribution in [3.05, 3.63) is 28.7 Å². The van der Waals surface area contributed by atoms with Crippen molar-refractivity contribution < 1.29 is 0 Å². The molecule has 0 amide bonds. The number of rotatable bonds is 3. The largest absolute Gasteiger partial charge is 0.212 e. The minimum atomic E-state index is 0.538. The van der Waals surface area contributed by atoms with E-state index >= 15 is 0 Å². The lowest BCUT2D eigenvalue weighted by Gasteiger charge is -2.01. The zero-order valence-electron chi connectivity index (χ0n) is 10.7. The topological polar surface area (TPSA) is 30.2 Å². The molecule has 4 heteroatoms. The Morgan fingerprint density at radius 1 is 1.33 bits per heavy atom. The molecule has 0 unspecified atom stereocenters. The highest BCUT2D eigenvalue weighted by Crippen LogP contribution is 2.32. The summed E-state index contributed by atoms with van der Waals surface area (Å²) in [7, 11) is 0. The van der Waals surface area contributed by atoms with Crippen molar-refractivity contribution in [3.63, 3.8) is 0 Å². The van der Waals surface area contributed by atoms with Crippen molar-refractivity contribution in [3.8, 4) is 0 Å². The summed E-state index contributed by atoms with van der Waals surface area (Å²) in [6.07, 6.45) is 7.20. The molecular formula is C14H18ClN3. The van der Waals surface area contributed by atoms with E-state index in [1.54, 1.807) is 4.52 Å². The van der Waals surface area contributed by atoms with Gasteiger partial charge in [0.15, 0.2) is 11.5 Å². The first-order valence-electron chi connectivity index (χ1n) is 6.83. The monoisotopic (exact) mass is 263 g/mol. The summed E-state index contributed by atoms with van der Waals surface area (Å²) in [5.74, 6) is 1.51. The van der Waals surface area contributed by atoms with Crippen molar-refractivity contribution >= 4 is 17.2 Å². The van der Waals surface area contributed by atoms with Gasteiger partial charge in [-0.3, -0.25) is 0 Å². The summed E-state index contributed by atoms with van der Waals surface area (Å²) < 4.78 is 1.77. The maximum atomic E-state index is 6.28. The summed E-state index contributed by atoms with van der Waals surface area (Å²) in [5.41, 5.74) is 2.15. The molecule has 1 aliphatic carbocycles. The predicted molar refractivity (Wildman–Crippen MR) is 73.2 cm³/mol. The summed E-state index contributed by atoms with van der Waals surface area (Å²) in [6.45, 7) is 2.17. The van der Waals surface area contributed by atoms with Crippen molar-refractivity contribution in [2.45, 2.75) is 51.4 Å². The summed E-state index contributed by atoms with van der Waals surface area (Å²) in [6, 6.07) is 4.12. The molecule has 2 heterocycles. The van der Waals surface area contributed by atoms with E-state index in [-0.39, 0.29) is 0 Å². The number of fused-ring (bicyclic) bond motifs is 1. The molecule has 0 aromatic carbocycles. The Morgan fingerprint density at radius 3 is 2.83 bits per heavy atom. The van der Waals surface area contributed by atoms with Gasteiger partial charge < -0.3 is 0 Å². The Balaban J connectivity index is 2.02. The molecule has 0 spiro atoms. The number of hydrogen-bond acceptors (Lipinski definition) is 2. The smallest absolute Gasteiger partial charge is 0.157 e. The van der Waals surface area contributed by atoms with Crippen LogP contribution in [0, 0.1) is 0 Å². The van der Waals surface area contributed by atoms with Crippen LogP contribution in [0.5, 0.6) is 0 Å². The molecule has 1 aliphatic rings. The third-order valence-corrected chi connectivity index (χ3v) is 4.00. The Labute approximate surface area is 112 Å². The van der Waals surface area contributed by atoms with E-state index in [0.717, 1.165) is 24.3 Å². The number of halogens is 1. The number of pyridine rings is 1. The molecule has 0 radical (unpaired) electrons. The minimum Gasteiger partial charge on any atom is -0.212 e. The predicted octanol–water partition coefficient (Wildman–Crippen LogP) is 3.99. The molecule has 3 nitrogen and oxygen atoms in total. The fourth-order valence-electron chi connectivity index (χ4n) is 2.80. The highest BCUT2D eigenvalue weighted by atomic mass is 35.5. The van der Waals surface area contributed by atoms with Crippen LogP contribution in [0.3, 0.4) is 0 Å². The van der Waals surface area contributed by atoms with Gasteiger partial charge in [-0.2, -0.15) is 0 Å². The molecule has 1 fully saturated rings. The fourth-order valence-corrected chi connectivity index (χ4v) is 3.07. The van der Waals surface area contributed by atoms with Gasteiger partial charge >= 0.3 is 0 Å². The fraction of sp³-hybridized carbons (Fsp3) is 0.571. The van der Waals surface area contributed by atoms with Gasteiger partial charge in [0, 0.05) is 5.92 Å². The third kappa shape index (κ3) is 2.12. The van der Waals surface area contributed by atoms with Crippen LogP contribution in [0.4, 0.5) is 0 Å². The first-order valence-corrected chi connectivity index (χ1v) is 7.21. The molecule has 96 valence electrons. The lowest BCUT2D eigenvalue weighted by atomic mass is 10.1. The number of aromatic nitrogens is 3. The zero-order chi connectivity index (χ0) is 12.5. The van der Waals surface area contributed by atoms with Crippen LogP contribution in [-0.4, -0.2) is 14.6 Å².